The zero-order chi connectivity index (χ0) is 13.7. The van der Waals surface area contributed by atoms with Crippen molar-refractivity contribution in [2.24, 2.45) is 0 Å². The molecular weight excluding hydrogens is 246 g/mol. The number of rotatable bonds is 8. The van der Waals surface area contributed by atoms with Gasteiger partial charge in [0.25, 0.3) is 0 Å². The lowest BCUT2D eigenvalue weighted by atomic mass is 10.2. The Bertz CT molecular complexity index is 427. The third kappa shape index (κ3) is 3.53. The van der Waals surface area contributed by atoms with Gasteiger partial charge in [-0.15, -0.1) is 5.10 Å². The van der Waals surface area contributed by atoms with Crippen LogP contribution in [0.2, 0.25) is 0 Å². The van der Waals surface area contributed by atoms with Crippen LogP contribution < -0.4 is 0 Å². The maximum Gasteiger partial charge on any atom is 0.360 e. The molecule has 1 N–H and O–H groups in total. The number of nitrogens with zero attached hydrogens (tertiary/aromatic N) is 3. The molecule has 19 heavy (non-hydrogen) atoms. The van der Waals surface area contributed by atoms with Crippen molar-refractivity contribution >= 4 is 5.97 Å². The van der Waals surface area contributed by atoms with Crippen LogP contribution in [0.25, 0.3) is 0 Å². The molecule has 0 saturated heterocycles. The standard InChI is InChI=1S/C13H21N3O3/c1-2-19-13(18)11-12(10-6-7-10)16(15-14-11)8-4-3-5-9-17/h10,17H,2-9H2,1H3. The highest BCUT2D eigenvalue weighted by Crippen LogP contribution is 2.41. The first-order valence-corrected chi connectivity index (χ1v) is 6.99. The van der Waals surface area contributed by atoms with Gasteiger partial charge in [-0.3, -0.25) is 0 Å². The number of esters is 1. The molecule has 0 aliphatic heterocycles. The molecule has 1 fully saturated rings. The van der Waals surface area contributed by atoms with Gasteiger partial charge in [-0.05, 0) is 39.0 Å². The summed E-state index contributed by atoms with van der Waals surface area (Å²) in [5.74, 6) is 0.0401. The number of aromatic nitrogens is 3. The van der Waals surface area contributed by atoms with E-state index in [0.717, 1.165) is 44.3 Å². The Hall–Kier alpha value is -1.43. The van der Waals surface area contributed by atoms with Crippen molar-refractivity contribution in [2.45, 2.75) is 51.5 Å². The molecule has 0 atom stereocenters. The fraction of sp³-hybridized carbons (Fsp3) is 0.769. The van der Waals surface area contributed by atoms with Gasteiger partial charge in [0.15, 0.2) is 5.69 Å². The number of hydrogen-bond acceptors (Lipinski definition) is 5. The van der Waals surface area contributed by atoms with E-state index in [1.54, 1.807) is 6.92 Å². The summed E-state index contributed by atoms with van der Waals surface area (Å²) in [7, 11) is 0. The number of carbonyl (C=O) groups is 1. The van der Waals surface area contributed by atoms with E-state index in [9.17, 15) is 4.79 Å². The smallest absolute Gasteiger partial charge is 0.360 e. The zero-order valence-corrected chi connectivity index (χ0v) is 11.3. The highest BCUT2D eigenvalue weighted by molar-refractivity contribution is 5.88. The fourth-order valence-electron chi connectivity index (χ4n) is 2.14. The average Bonchev–Trinajstić information content (AvgIpc) is 3.15. The van der Waals surface area contributed by atoms with Gasteiger partial charge < -0.3 is 9.84 Å². The Morgan fingerprint density at radius 2 is 2.21 bits per heavy atom. The van der Waals surface area contributed by atoms with Crippen LogP contribution in [0.5, 0.6) is 0 Å². The van der Waals surface area contributed by atoms with Gasteiger partial charge in [-0.1, -0.05) is 5.21 Å². The van der Waals surface area contributed by atoms with Crippen molar-refractivity contribution in [1.82, 2.24) is 15.0 Å². The van der Waals surface area contributed by atoms with E-state index in [1.807, 2.05) is 4.68 Å². The lowest BCUT2D eigenvalue weighted by molar-refractivity contribution is 0.0518. The van der Waals surface area contributed by atoms with E-state index in [2.05, 4.69) is 10.3 Å². The molecule has 0 aromatic carbocycles. The Balaban J connectivity index is 2.04. The number of unbranched alkanes of at least 4 members (excludes halogenated alkanes) is 2. The van der Waals surface area contributed by atoms with Gasteiger partial charge in [0.2, 0.25) is 0 Å². The highest BCUT2D eigenvalue weighted by atomic mass is 16.5. The SMILES string of the molecule is CCOC(=O)c1nnn(CCCCCO)c1C1CC1. The predicted octanol–water partition coefficient (Wildman–Crippen LogP) is 1.49. The van der Waals surface area contributed by atoms with Crippen molar-refractivity contribution in [3.8, 4) is 0 Å². The molecule has 0 spiro atoms. The minimum absolute atomic E-state index is 0.223. The molecule has 0 bridgehead atoms. The first-order chi connectivity index (χ1) is 9.27. The Labute approximate surface area is 112 Å². The summed E-state index contributed by atoms with van der Waals surface area (Å²) in [6.07, 6.45) is 4.88. The van der Waals surface area contributed by atoms with Gasteiger partial charge in [0, 0.05) is 19.1 Å². The van der Waals surface area contributed by atoms with Crippen molar-refractivity contribution in [3.63, 3.8) is 0 Å². The largest absolute Gasteiger partial charge is 0.461 e. The van der Waals surface area contributed by atoms with Crippen LogP contribution in [-0.4, -0.2) is 39.3 Å². The van der Waals surface area contributed by atoms with Crippen LogP contribution in [0, 0.1) is 0 Å². The summed E-state index contributed by atoms with van der Waals surface area (Å²) in [6, 6.07) is 0. The summed E-state index contributed by atoms with van der Waals surface area (Å²) < 4.78 is 6.85. The first-order valence-electron chi connectivity index (χ1n) is 6.99. The first kappa shape index (κ1) is 14.0. The number of ether oxygens (including phenoxy) is 1. The minimum Gasteiger partial charge on any atom is -0.461 e. The molecule has 1 aliphatic carbocycles. The molecule has 6 heteroatoms. The summed E-state index contributed by atoms with van der Waals surface area (Å²) in [6.45, 7) is 3.11. The molecule has 1 aliphatic rings. The van der Waals surface area contributed by atoms with Gasteiger partial charge in [0.1, 0.15) is 0 Å². The van der Waals surface area contributed by atoms with Gasteiger partial charge >= 0.3 is 5.97 Å². The minimum atomic E-state index is -0.369. The Morgan fingerprint density at radius 3 is 2.84 bits per heavy atom. The van der Waals surface area contributed by atoms with E-state index < -0.39 is 0 Å². The van der Waals surface area contributed by atoms with Crippen LogP contribution in [0.15, 0.2) is 0 Å². The summed E-state index contributed by atoms with van der Waals surface area (Å²) in [5, 5.41) is 16.8. The van der Waals surface area contributed by atoms with E-state index in [1.165, 1.54) is 0 Å². The van der Waals surface area contributed by atoms with Crippen molar-refractivity contribution in [2.75, 3.05) is 13.2 Å². The zero-order valence-electron chi connectivity index (χ0n) is 11.3. The Morgan fingerprint density at radius 1 is 1.42 bits per heavy atom. The predicted molar refractivity (Wildman–Crippen MR) is 68.9 cm³/mol. The second-order valence-electron chi connectivity index (χ2n) is 4.83. The fourth-order valence-corrected chi connectivity index (χ4v) is 2.14. The molecular formula is C13H21N3O3. The second kappa shape index (κ2) is 6.65. The third-order valence-corrected chi connectivity index (χ3v) is 3.23. The number of carbonyl (C=O) groups excluding carboxylic acids is 1. The molecule has 0 unspecified atom stereocenters. The molecule has 0 amide bonds. The number of aliphatic hydroxyl groups is 1. The highest BCUT2D eigenvalue weighted by Gasteiger charge is 2.34. The topological polar surface area (TPSA) is 77.2 Å². The monoisotopic (exact) mass is 267 g/mol. The molecule has 1 aromatic rings. The Kier molecular flexibility index (Phi) is 4.90. The molecule has 2 rings (SSSR count). The molecule has 1 heterocycles. The maximum atomic E-state index is 11.8. The van der Waals surface area contributed by atoms with Crippen molar-refractivity contribution < 1.29 is 14.6 Å². The van der Waals surface area contributed by atoms with Crippen molar-refractivity contribution in [1.29, 1.82) is 0 Å². The summed E-state index contributed by atoms with van der Waals surface area (Å²) in [5.41, 5.74) is 1.31. The van der Waals surface area contributed by atoms with Gasteiger partial charge in [0.05, 0.1) is 12.3 Å². The third-order valence-electron chi connectivity index (χ3n) is 3.23. The molecule has 1 aromatic heterocycles. The van der Waals surface area contributed by atoms with Crippen LogP contribution in [-0.2, 0) is 11.3 Å². The normalized spacial score (nSPS) is 14.6. The van der Waals surface area contributed by atoms with Crippen LogP contribution in [0.3, 0.4) is 0 Å². The lowest BCUT2D eigenvalue weighted by Crippen LogP contribution is -2.10. The van der Waals surface area contributed by atoms with Gasteiger partial charge in [-0.25, -0.2) is 9.48 Å². The lowest BCUT2D eigenvalue weighted by Gasteiger charge is -2.06. The average molecular weight is 267 g/mol. The maximum absolute atomic E-state index is 11.8. The van der Waals surface area contributed by atoms with E-state index in [0.29, 0.717) is 18.2 Å². The number of aryl methyl sites for hydroxylation is 1. The van der Waals surface area contributed by atoms with Gasteiger partial charge in [-0.2, -0.15) is 0 Å². The molecule has 1 saturated carbocycles. The summed E-state index contributed by atoms with van der Waals surface area (Å²) >= 11 is 0. The van der Waals surface area contributed by atoms with Crippen LogP contribution in [0.4, 0.5) is 0 Å². The summed E-state index contributed by atoms with van der Waals surface area (Å²) in [4.78, 5) is 11.8. The number of aliphatic hydroxyl groups excluding tert-OH is 1. The molecule has 0 radical (unpaired) electrons. The second-order valence-corrected chi connectivity index (χ2v) is 4.83. The van der Waals surface area contributed by atoms with Crippen molar-refractivity contribution in [3.05, 3.63) is 11.4 Å². The van der Waals surface area contributed by atoms with E-state index >= 15 is 0 Å². The van der Waals surface area contributed by atoms with E-state index in [-0.39, 0.29) is 12.6 Å². The molecule has 6 nitrogen and oxygen atoms in total. The molecule has 106 valence electrons. The number of hydrogen-bond donors (Lipinski definition) is 1. The van der Waals surface area contributed by atoms with Crippen LogP contribution >= 0.6 is 0 Å². The quantitative estimate of drug-likeness (QED) is 0.570. The van der Waals surface area contributed by atoms with E-state index in [4.69, 9.17) is 9.84 Å². The van der Waals surface area contributed by atoms with Crippen LogP contribution in [0.1, 0.15) is 61.1 Å².